The number of benzene rings is 2. The third-order valence-electron chi connectivity index (χ3n) is 8.17. The van der Waals surface area contributed by atoms with Crippen LogP contribution in [0.3, 0.4) is 0 Å². The van der Waals surface area contributed by atoms with Crippen molar-refractivity contribution in [3.05, 3.63) is 65.7 Å². The molecule has 2 aromatic carbocycles. The zero-order valence-corrected chi connectivity index (χ0v) is 19.4. The molecule has 1 N–H and O–H groups in total. The fraction of sp³-hybridized carbons (Fsp3) is 0.517. The second kappa shape index (κ2) is 9.70. The van der Waals surface area contributed by atoms with Crippen LogP contribution in [0.4, 0.5) is 0 Å². The summed E-state index contributed by atoms with van der Waals surface area (Å²) in [6.45, 7) is 1.02. The van der Waals surface area contributed by atoms with Crippen LogP contribution < -0.4 is 10.1 Å². The molecule has 33 heavy (non-hydrogen) atoms. The summed E-state index contributed by atoms with van der Waals surface area (Å²) < 4.78 is 5.82. The zero-order valence-electron chi connectivity index (χ0n) is 19.4. The van der Waals surface area contributed by atoms with Crippen LogP contribution in [-0.2, 0) is 22.6 Å². The van der Waals surface area contributed by atoms with Gasteiger partial charge in [0.25, 0.3) is 5.91 Å². The van der Waals surface area contributed by atoms with Crippen molar-refractivity contribution in [3.63, 3.8) is 0 Å². The minimum atomic E-state index is -0.414. The molecule has 0 heterocycles. The highest BCUT2D eigenvalue weighted by molar-refractivity contribution is 6.36. The lowest BCUT2D eigenvalue weighted by Crippen LogP contribution is -2.46. The molecule has 0 aromatic heterocycles. The highest BCUT2D eigenvalue weighted by atomic mass is 16.5. The van der Waals surface area contributed by atoms with E-state index in [1.54, 1.807) is 0 Å². The molecule has 4 aliphatic rings. The fourth-order valence-corrected chi connectivity index (χ4v) is 7.00. The van der Waals surface area contributed by atoms with Gasteiger partial charge >= 0.3 is 0 Å². The lowest BCUT2D eigenvalue weighted by molar-refractivity contribution is -0.139. The largest absolute Gasteiger partial charge is 0.489 e. The molecular formula is C29H35NO3. The summed E-state index contributed by atoms with van der Waals surface area (Å²) in [5.41, 5.74) is 2.61. The molecule has 6 rings (SSSR count). The summed E-state index contributed by atoms with van der Waals surface area (Å²) >= 11 is 0. The Morgan fingerprint density at radius 3 is 2.12 bits per heavy atom. The van der Waals surface area contributed by atoms with Crippen molar-refractivity contribution in [1.82, 2.24) is 5.32 Å². The van der Waals surface area contributed by atoms with Crippen LogP contribution in [0.5, 0.6) is 5.75 Å². The van der Waals surface area contributed by atoms with Gasteiger partial charge in [-0.2, -0.15) is 0 Å². The molecule has 174 valence electrons. The van der Waals surface area contributed by atoms with Gasteiger partial charge in [-0.3, -0.25) is 9.59 Å². The summed E-state index contributed by atoms with van der Waals surface area (Å²) in [4.78, 5) is 24.8. The first-order chi connectivity index (χ1) is 16.1. The molecule has 2 aromatic rings. The van der Waals surface area contributed by atoms with Crippen LogP contribution in [0.2, 0.25) is 0 Å². The molecule has 0 unspecified atom stereocenters. The summed E-state index contributed by atoms with van der Waals surface area (Å²) in [6.07, 6.45) is 10.1. The van der Waals surface area contributed by atoms with E-state index in [4.69, 9.17) is 4.74 Å². The van der Waals surface area contributed by atoms with Gasteiger partial charge in [0.1, 0.15) is 12.4 Å². The first-order valence-electron chi connectivity index (χ1n) is 12.6. The number of rotatable bonds is 10. The number of amides is 1. The summed E-state index contributed by atoms with van der Waals surface area (Å²) in [5.74, 6) is 2.82. The Morgan fingerprint density at radius 2 is 1.48 bits per heavy atom. The Kier molecular flexibility index (Phi) is 6.52. The van der Waals surface area contributed by atoms with Crippen molar-refractivity contribution in [2.75, 3.05) is 6.54 Å². The van der Waals surface area contributed by atoms with E-state index in [9.17, 15) is 9.59 Å². The Labute approximate surface area is 197 Å². The standard InChI is InChI=1S/C29H35NO3/c31-27(10-12-29-17-23-14-24(18-29)16-25(15-23)19-29)28(32)30-13-11-21-6-8-26(9-7-21)33-20-22-4-2-1-3-5-22/h1-9,23-25H,10-20H2,(H,30,32). The van der Waals surface area contributed by atoms with Crippen molar-refractivity contribution in [2.45, 2.75) is 64.4 Å². The van der Waals surface area contributed by atoms with E-state index in [0.29, 0.717) is 31.4 Å². The van der Waals surface area contributed by atoms with Crippen LogP contribution in [0.1, 0.15) is 62.5 Å². The number of carbonyl (C=O) groups is 2. The van der Waals surface area contributed by atoms with Crippen LogP contribution in [0, 0.1) is 23.2 Å². The van der Waals surface area contributed by atoms with Crippen LogP contribution >= 0.6 is 0 Å². The van der Waals surface area contributed by atoms with Gasteiger partial charge in [-0.05, 0) is 97.8 Å². The first-order valence-corrected chi connectivity index (χ1v) is 12.6. The maximum Gasteiger partial charge on any atom is 0.287 e. The van der Waals surface area contributed by atoms with Gasteiger partial charge in [-0.25, -0.2) is 0 Å². The lowest BCUT2D eigenvalue weighted by Gasteiger charge is -2.57. The zero-order chi connectivity index (χ0) is 22.7. The SMILES string of the molecule is O=C(CCC12CC3CC(CC(C3)C1)C2)C(=O)NCCc1ccc(OCc2ccccc2)cc1. The molecule has 4 saturated carbocycles. The molecule has 0 spiro atoms. The maximum absolute atomic E-state index is 12.5. The van der Waals surface area contributed by atoms with Crippen LogP contribution in [0.25, 0.3) is 0 Å². The minimum Gasteiger partial charge on any atom is -0.489 e. The van der Waals surface area contributed by atoms with Gasteiger partial charge in [0.15, 0.2) is 0 Å². The van der Waals surface area contributed by atoms with Gasteiger partial charge in [0.05, 0.1) is 0 Å². The number of hydrogen-bond acceptors (Lipinski definition) is 3. The van der Waals surface area contributed by atoms with Crippen molar-refractivity contribution in [1.29, 1.82) is 0 Å². The molecule has 0 saturated heterocycles. The number of carbonyl (C=O) groups excluding carboxylic acids is 2. The maximum atomic E-state index is 12.5. The lowest BCUT2D eigenvalue weighted by atomic mass is 9.48. The van der Waals surface area contributed by atoms with Crippen molar-refractivity contribution in [2.24, 2.45) is 23.2 Å². The number of hydrogen-bond donors (Lipinski definition) is 1. The van der Waals surface area contributed by atoms with Crippen LogP contribution in [-0.4, -0.2) is 18.2 Å². The number of nitrogens with one attached hydrogen (secondary N) is 1. The van der Waals surface area contributed by atoms with Crippen molar-refractivity contribution in [3.8, 4) is 5.75 Å². The number of Topliss-reactive ketones (excluding diaryl/α,β-unsaturated/α-hetero) is 1. The topological polar surface area (TPSA) is 55.4 Å². The average molecular weight is 446 g/mol. The summed E-state index contributed by atoms with van der Waals surface area (Å²) in [7, 11) is 0. The second-order valence-electron chi connectivity index (χ2n) is 10.8. The van der Waals surface area contributed by atoms with E-state index in [1.807, 2.05) is 54.6 Å². The predicted octanol–water partition coefficient (Wildman–Crippen LogP) is 5.49. The highest BCUT2D eigenvalue weighted by Crippen LogP contribution is 2.61. The van der Waals surface area contributed by atoms with Gasteiger partial charge in [-0.1, -0.05) is 42.5 Å². The van der Waals surface area contributed by atoms with E-state index >= 15 is 0 Å². The first kappa shape index (κ1) is 22.2. The normalized spacial score (nSPS) is 27.3. The van der Waals surface area contributed by atoms with E-state index in [0.717, 1.165) is 41.1 Å². The van der Waals surface area contributed by atoms with Gasteiger partial charge < -0.3 is 10.1 Å². The minimum absolute atomic E-state index is 0.240. The van der Waals surface area contributed by atoms with Crippen LogP contribution in [0.15, 0.2) is 54.6 Å². The van der Waals surface area contributed by atoms with Gasteiger partial charge in [0, 0.05) is 13.0 Å². The Bertz CT molecular complexity index is 931. The second-order valence-corrected chi connectivity index (χ2v) is 10.8. The molecule has 4 nitrogen and oxygen atoms in total. The molecule has 4 bridgehead atoms. The number of ketones is 1. The van der Waals surface area contributed by atoms with E-state index in [-0.39, 0.29) is 5.78 Å². The predicted molar refractivity (Wildman–Crippen MR) is 129 cm³/mol. The van der Waals surface area contributed by atoms with Gasteiger partial charge in [-0.15, -0.1) is 0 Å². The molecule has 0 aliphatic heterocycles. The average Bonchev–Trinajstić information content (AvgIpc) is 2.82. The highest BCUT2D eigenvalue weighted by Gasteiger charge is 2.50. The van der Waals surface area contributed by atoms with E-state index < -0.39 is 5.91 Å². The Morgan fingerprint density at radius 1 is 0.848 bits per heavy atom. The van der Waals surface area contributed by atoms with Crippen molar-refractivity contribution >= 4 is 11.7 Å². The van der Waals surface area contributed by atoms with Gasteiger partial charge in [0.2, 0.25) is 5.78 Å². The molecule has 4 heteroatoms. The molecular weight excluding hydrogens is 410 g/mol. The Hall–Kier alpha value is -2.62. The third kappa shape index (κ3) is 5.48. The monoisotopic (exact) mass is 445 g/mol. The molecule has 4 fully saturated rings. The smallest absolute Gasteiger partial charge is 0.287 e. The summed E-state index contributed by atoms with van der Waals surface area (Å²) in [5, 5.41) is 2.83. The Balaban J connectivity index is 1.02. The van der Waals surface area contributed by atoms with E-state index in [2.05, 4.69) is 5.32 Å². The summed E-state index contributed by atoms with van der Waals surface area (Å²) in [6, 6.07) is 18.0. The van der Waals surface area contributed by atoms with E-state index in [1.165, 1.54) is 38.5 Å². The van der Waals surface area contributed by atoms with Crippen molar-refractivity contribution < 1.29 is 14.3 Å². The molecule has 0 atom stereocenters. The third-order valence-corrected chi connectivity index (χ3v) is 8.17. The molecule has 0 radical (unpaired) electrons. The molecule has 4 aliphatic carbocycles. The fourth-order valence-electron chi connectivity index (χ4n) is 7.00. The number of ether oxygens (including phenoxy) is 1. The quantitative estimate of drug-likeness (QED) is 0.492. The molecule has 1 amide bonds.